The Balaban J connectivity index is 1.36. The Bertz CT molecular complexity index is 840. The SMILES string of the molecule is CC(=O)c1cccc(NCCC(=O)N2CCN(C/C=C/c3ccccc3)CC2)c1. The Morgan fingerprint density at radius 1 is 1.00 bits per heavy atom. The molecule has 3 rings (SSSR count). The zero-order valence-electron chi connectivity index (χ0n) is 17.0. The van der Waals surface area contributed by atoms with E-state index in [0.717, 1.165) is 38.4 Å². The highest BCUT2D eigenvalue weighted by atomic mass is 16.2. The van der Waals surface area contributed by atoms with E-state index in [2.05, 4.69) is 34.5 Å². The first-order chi connectivity index (χ1) is 14.1. The number of carbonyl (C=O) groups is 2. The molecule has 0 aromatic heterocycles. The second-order valence-corrected chi connectivity index (χ2v) is 7.31. The zero-order chi connectivity index (χ0) is 20.5. The van der Waals surface area contributed by atoms with Crippen molar-refractivity contribution in [2.75, 3.05) is 44.6 Å². The average Bonchev–Trinajstić information content (AvgIpc) is 2.75. The van der Waals surface area contributed by atoms with Gasteiger partial charge < -0.3 is 10.2 Å². The van der Waals surface area contributed by atoms with E-state index in [9.17, 15) is 9.59 Å². The summed E-state index contributed by atoms with van der Waals surface area (Å²) in [7, 11) is 0. The lowest BCUT2D eigenvalue weighted by molar-refractivity contribution is -0.132. The van der Waals surface area contributed by atoms with Crippen molar-refractivity contribution in [3.63, 3.8) is 0 Å². The number of benzene rings is 2. The third-order valence-corrected chi connectivity index (χ3v) is 5.14. The molecular weight excluding hydrogens is 362 g/mol. The van der Waals surface area contributed by atoms with Gasteiger partial charge in [0.15, 0.2) is 5.78 Å². The van der Waals surface area contributed by atoms with Crippen LogP contribution in [0.3, 0.4) is 0 Å². The first kappa shape index (κ1) is 20.8. The monoisotopic (exact) mass is 391 g/mol. The summed E-state index contributed by atoms with van der Waals surface area (Å²) in [6.45, 7) is 6.39. The number of hydrogen-bond donors (Lipinski definition) is 1. The van der Waals surface area contributed by atoms with Gasteiger partial charge in [0.2, 0.25) is 5.91 Å². The lowest BCUT2D eigenvalue weighted by Crippen LogP contribution is -2.48. The molecule has 0 radical (unpaired) electrons. The maximum atomic E-state index is 12.5. The molecule has 0 spiro atoms. The lowest BCUT2D eigenvalue weighted by atomic mass is 10.1. The molecule has 0 aliphatic carbocycles. The van der Waals surface area contributed by atoms with Gasteiger partial charge in [-0.25, -0.2) is 0 Å². The number of anilines is 1. The smallest absolute Gasteiger partial charge is 0.224 e. The summed E-state index contributed by atoms with van der Waals surface area (Å²) in [6.07, 6.45) is 4.79. The fourth-order valence-electron chi connectivity index (χ4n) is 3.40. The van der Waals surface area contributed by atoms with Gasteiger partial charge in [-0.15, -0.1) is 0 Å². The van der Waals surface area contributed by atoms with Crippen LogP contribution in [-0.4, -0.2) is 60.8 Å². The van der Waals surface area contributed by atoms with Gasteiger partial charge in [0.05, 0.1) is 0 Å². The van der Waals surface area contributed by atoms with Gasteiger partial charge in [0.25, 0.3) is 0 Å². The van der Waals surface area contributed by atoms with Crippen LogP contribution in [0.15, 0.2) is 60.7 Å². The van der Waals surface area contributed by atoms with Crippen molar-refractivity contribution in [1.82, 2.24) is 9.80 Å². The van der Waals surface area contributed by atoms with E-state index < -0.39 is 0 Å². The van der Waals surface area contributed by atoms with Gasteiger partial charge in [0.1, 0.15) is 0 Å². The minimum Gasteiger partial charge on any atom is -0.385 e. The summed E-state index contributed by atoms with van der Waals surface area (Å²) in [5, 5.41) is 3.24. The van der Waals surface area contributed by atoms with Gasteiger partial charge in [-0.05, 0) is 24.6 Å². The maximum Gasteiger partial charge on any atom is 0.224 e. The summed E-state index contributed by atoms with van der Waals surface area (Å²) in [4.78, 5) is 28.2. The molecule has 2 aromatic rings. The highest BCUT2D eigenvalue weighted by Crippen LogP contribution is 2.12. The molecule has 1 saturated heterocycles. The minimum absolute atomic E-state index is 0.0428. The van der Waals surface area contributed by atoms with Crippen LogP contribution in [0.2, 0.25) is 0 Å². The number of hydrogen-bond acceptors (Lipinski definition) is 4. The molecule has 0 atom stereocenters. The minimum atomic E-state index is 0.0428. The molecule has 0 bridgehead atoms. The lowest BCUT2D eigenvalue weighted by Gasteiger charge is -2.34. The summed E-state index contributed by atoms with van der Waals surface area (Å²) >= 11 is 0. The number of Topliss-reactive ketones (excluding diaryl/α,β-unsaturated/α-hetero) is 1. The molecule has 1 fully saturated rings. The molecule has 29 heavy (non-hydrogen) atoms. The highest BCUT2D eigenvalue weighted by Gasteiger charge is 2.19. The van der Waals surface area contributed by atoms with E-state index in [1.165, 1.54) is 5.56 Å². The normalized spacial score (nSPS) is 14.9. The van der Waals surface area contributed by atoms with Gasteiger partial charge in [-0.1, -0.05) is 54.6 Å². The molecule has 0 unspecified atom stereocenters. The van der Waals surface area contributed by atoms with E-state index in [0.29, 0.717) is 18.5 Å². The van der Waals surface area contributed by atoms with E-state index in [1.807, 2.05) is 41.3 Å². The van der Waals surface area contributed by atoms with Crippen LogP contribution in [0.4, 0.5) is 5.69 Å². The van der Waals surface area contributed by atoms with Crippen molar-refractivity contribution < 1.29 is 9.59 Å². The number of nitrogens with one attached hydrogen (secondary N) is 1. The van der Waals surface area contributed by atoms with Crippen LogP contribution in [0.5, 0.6) is 0 Å². The molecule has 2 aromatic carbocycles. The third kappa shape index (κ3) is 6.57. The number of piperazine rings is 1. The van der Waals surface area contributed by atoms with Crippen LogP contribution in [0, 0.1) is 0 Å². The first-order valence-electron chi connectivity index (χ1n) is 10.2. The summed E-state index contributed by atoms with van der Waals surface area (Å²) in [5.74, 6) is 0.223. The summed E-state index contributed by atoms with van der Waals surface area (Å²) in [6, 6.07) is 17.7. The summed E-state index contributed by atoms with van der Waals surface area (Å²) in [5.41, 5.74) is 2.77. The Hall–Kier alpha value is -2.92. The number of amides is 1. The van der Waals surface area contributed by atoms with E-state index >= 15 is 0 Å². The maximum absolute atomic E-state index is 12.5. The number of carbonyl (C=O) groups excluding carboxylic acids is 2. The molecule has 1 N–H and O–H groups in total. The van der Waals surface area contributed by atoms with E-state index in [4.69, 9.17) is 0 Å². The molecular formula is C24H29N3O2. The zero-order valence-corrected chi connectivity index (χ0v) is 17.0. The molecule has 1 amide bonds. The van der Waals surface area contributed by atoms with Gasteiger partial charge in [0, 0.05) is 56.9 Å². The van der Waals surface area contributed by atoms with Crippen LogP contribution >= 0.6 is 0 Å². The van der Waals surface area contributed by atoms with Crippen LogP contribution < -0.4 is 5.32 Å². The number of ketones is 1. The second kappa shape index (κ2) is 10.6. The highest BCUT2D eigenvalue weighted by molar-refractivity contribution is 5.94. The quantitative estimate of drug-likeness (QED) is 0.699. The Kier molecular flexibility index (Phi) is 7.59. The number of rotatable bonds is 8. The standard InChI is InChI=1S/C24H29N3O2/c1-20(28)22-10-5-11-23(19-22)25-13-12-24(29)27-17-15-26(16-18-27)14-6-9-21-7-3-2-4-8-21/h2-11,19,25H,12-18H2,1H3/b9-6+. The molecule has 1 aliphatic rings. The molecule has 152 valence electrons. The van der Waals surface area contributed by atoms with E-state index in [1.54, 1.807) is 13.0 Å². The fraction of sp³-hybridized carbons (Fsp3) is 0.333. The predicted molar refractivity (Wildman–Crippen MR) is 118 cm³/mol. The van der Waals surface area contributed by atoms with Gasteiger partial charge in [-0.2, -0.15) is 0 Å². The summed E-state index contributed by atoms with van der Waals surface area (Å²) < 4.78 is 0. The average molecular weight is 392 g/mol. The van der Waals surface area contributed by atoms with Crippen molar-refractivity contribution in [1.29, 1.82) is 0 Å². The first-order valence-corrected chi connectivity index (χ1v) is 10.2. The van der Waals surface area contributed by atoms with Crippen molar-refractivity contribution in [2.45, 2.75) is 13.3 Å². The third-order valence-electron chi connectivity index (χ3n) is 5.14. The topological polar surface area (TPSA) is 52.7 Å². The van der Waals surface area contributed by atoms with E-state index in [-0.39, 0.29) is 11.7 Å². The number of nitrogens with zero attached hydrogens (tertiary/aromatic N) is 2. The van der Waals surface area contributed by atoms with Crippen LogP contribution in [0.1, 0.15) is 29.3 Å². The van der Waals surface area contributed by atoms with Gasteiger partial charge >= 0.3 is 0 Å². The molecule has 1 heterocycles. The van der Waals surface area contributed by atoms with Crippen molar-refractivity contribution in [3.8, 4) is 0 Å². The van der Waals surface area contributed by atoms with Crippen molar-refractivity contribution in [3.05, 3.63) is 71.8 Å². The van der Waals surface area contributed by atoms with Crippen LogP contribution in [0.25, 0.3) is 6.08 Å². The fourth-order valence-corrected chi connectivity index (χ4v) is 3.40. The second-order valence-electron chi connectivity index (χ2n) is 7.31. The van der Waals surface area contributed by atoms with Crippen LogP contribution in [-0.2, 0) is 4.79 Å². The molecule has 1 aliphatic heterocycles. The largest absolute Gasteiger partial charge is 0.385 e. The Labute approximate surface area is 173 Å². The van der Waals surface area contributed by atoms with Gasteiger partial charge in [-0.3, -0.25) is 14.5 Å². The molecule has 5 nitrogen and oxygen atoms in total. The van der Waals surface area contributed by atoms with Crippen molar-refractivity contribution in [2.24, 2.45) is 0 Å². The Morgan fingerprint density at radius 3 is 2.48 bits per heavy atom. The Morgan fingerprint density at radius 2 is 1.76 bits per heavy atom. The predicted octanol–water partition coefficient (Wildman–Crippen LogP) is 3.55. The van der Waals surface area contributed by atoms with Crippen molar-refractivity contribution >= 4 is 23.5 Å². The molecule has 5 heteroatoms. The molecule has 0 saturated carbocycles.